The minimum Gasteiger partial charge on any atom is -0.443 e. The lowest BCUT2D eigenvalue weighted by Gasteiger charge is -2.42. The number of epoxide rings is 2. The number of unbranched alkanes of at least 4 members (excludes halogenated alkanes) is 3. The van der Waals surface area contributed by atoms with Gasteiger partial charge in [0.1, 0.15) is 30.0 Å². The maximum Gasteiger partial charge on any atom is 0.407 e. The summed E-state index contributed by atoms with van der Waals surface area (Å²) in [5, 5.41) is 5.47. The van der Waals surface area contributed by atoms with Gasteiger partial charge in [-0.2, -0.15) is 0 Å². The zero-order valence-corrected chi connectivity index (χ0v) is 21.5. The molecule has 1 saturated carbocycles. The molecule has 0 aromatic carbocycles. The van der Waals surface area contributed by atoms with Crippen LogP contribution in [-0.4, -0.2) is 74.9 Å². The summed E-state index contributed by atoms with van der Waals surface area (Å²) in [6, 6.07) is 0. The van der Waals surface area contributed by atoms with E-state index in [1.807, 2.05) is 0 Å². The fraction of sp³-hybridized carbons (Fsp3) is 0.840. The van der Waals surface area contributed by atoms with Crippen LogP contribution in [0.25, 0.3) is 0 Å². The van der Waals surface area contributed by atoms with Gasteiger partial charge in [0, 0.05) is 20.2 Å². The Morgan fingerprint density at radius 2 is 1.83 bits per heavy atom. The van der Waals surface area contributed by atoms with E-state index >= 15 is 0 Å². The number of halogens is 1. The molecule has 1 spiro atoms. The monoisotopic (exact) mass is 499 g/mol. The van der Waals surface area contributed by atoms with Gasteiger partial charge in [-0.3, -0.25) is 4.79 Å². The summed E-state index contributed by atoms with van der Waals surface area (Å²) in [5.41, 5.74) is 1.99. The molecular formula is C25H42FN3O6. The van der Waals surface area contributed by atoms with Crippen LogP contribution in [0.3, 0.4) is 0 Å². The van der Waals surface area contributed by atoms with E-state index in [9.17, 15) is 14.1 Å². The lowest BCUT2D eigenvalue weighted by Crippen LogP contribution is -2.56. The third kappa shape index (κ3) is 7.38. The number of carbonyl (C=O) groups excluding carboxylic acids is 2. The molecule has 2 saturated heterocycles. The van der Waals surface area contributed by atoms with Crippen molar-refractivity contribution in [2.75, 3.05) is 33.4 Å². The first-order valence-electron chi connectivity index (χ1n) is 12.8. The second-order valence-corrected chi connectivity index (χ2v) is 10.3. The van der Waals surface area contributed by atoms with Gasteiger partial charge in [0.05, 0.1) is 18.6 Å². The van der Waals surface area contributed by atoms with Crippen LogP contribution >= 0.6 is 0 Å². The Morgan fingerprint density at radius 1 is 1.14 bits per heavy atom. The van der Waals surface area contributed by atoms with Gasteiger partial charge < -0.3 is 29.6 Å². The molecule has 6 atom stereocenters. The van der Waals surface area contributed by atoms with Crippen molar-refractivity contribution in [2.24, 2.45) is 5.92 Å². The molecule has 3 rings (SSSR count). The molecule has 200 valence electrons. The lowest BCUT2D eigenvalue weighted by molar-refractivity contribution is -0.120. The summed E-state index contributed by atoms with van der Waals surface area (Å²) in [5.74, 6) is -0.357. The average molecular weight is 500 g/mol. The molecule has 3 fully saturated rings. The maximum absolute atomic E-state index is 12.5. The summed E-state index contributed by atoms with van der Waals surface area (Å²) in [4.78, 5) is 23.6. The first-order valence-corrected chi connectivity index (χ1v) is 12.8. The third-order valence-electron chi connectivity index (χ3n) is 7.42. The average Bonchev–Trinajstić information content (AvgIpc) is 3.72. The molecule has 2 unspecified atom stereocenters. The summed E-state index contributed by atoms with van der Waals surface area (Å²) in [6.07, 6.45) is 7.04. The fourth-order valence-electron chi connectivity index (χ4n) is 5.39. The summed E-state index contributed by atoms with van der Waals surface area (Å²) < 4.78 is 35.7. The zero-order chi connectivity index (χ0) is 25.5. The van der Waals surface area contributed by atoms with Gasteiger partial charge in [-0.25, -0.2) is 4.79 Å². The van der Waals surface area contributed by atoms with Crippen LogP contribution in [0.4, 0.5) is 9.28 Å². The van der Waals surface area contributed by atoms with Crippen LogP contribution in [0, 0.1) is 5.92 Å². The van der Waals surface area contributed by atoms with Gasteiger partial charge in [-0.05, 0) is 52.9 Å². The van der Waals surface area contributed by atoms with Crippen molar-refractivity contribution in [3.63, 3.8) is 0 Å². The topological polar surface area (TPSA) is 114 Å². The van der Waals surface area contributed by atoms with Crippen LogP contribution in [-0.2, 0) is 23.7 Å². The largest absolute Gasteiger partial charge is 0.443 e. The molecule has 2 heterocycles. The van der Waals surface area contributed by atoms with E-state index in [-0.39, 0.29) is 47.9 Å². The van der Waals surface area contributed by atoms with Gasteiger partial charge in [0.25, 0.3) is 0 Å². The number of rotatable bonds is 14. The lowest BCUT2D eigenvalue weighted by atomic mass is 9.68. The van der Waals surface area contributed by atoms with E-state index in [1.165, 1.54) is 11.1 Å². The van der Waals surface area contributed by atoms with Crippen LogP contribution in [0.5, 0.6) is 0 Å². The molecule has 0 aromatic rings. The van der Waals surface area contributed by atoms with Crippen molar-refractivity contribution < 1.29 is 33.0 Å². The van der Waals surface area contributed by atoms with Gasteiger partial charge in [0.2, 0.25) is 5.91 Å². The van der Waals surface area contributed by atoms with E-state index in [0.29, 0.717) is 26.1 Å². The quantitative estimate of drug-likeness (QED) is 0.146. The van der Waals surface area contributed by atoms with Gasteiger partial charge in [-0.1, -0.05) is 24.5 Å². The number of allylic oxidation sites excluding steroid dienone is 1. The second kappa shape index (κ2) is 12.5. The summed E-state index contributed by atoms with van der Waals surface area (Å²) >= 11 is 0. The highest BCUT2D eigenvalue weighted by atomic mass is 19.2. The molecule has 10 heteroatoms. The van der Waals surface area contributed by atoms with Crippen LogP contribution in [0.1, 0.15) is 65.7 Å². The SMILES string of the molecule is CO[C@@H]1C(OC(=O)NCCCCCCNC(=O)CNF)CC[C@]2(CO2)C1[C@@]1(C)O[C@@H]1CC=C(C)C. The Bertz CT molecular complexity index is 757. The minimum atomic E-state index is -0.433. The van der Waals surface area contributed by atoms with Crippen LogP contribution in [0.15, 0.2) is 11.6 Å². The second-order valence-electron chi connectivity index (χ2n) is 10.3. The zero-order valence-electron chi connectivity index (χ0n) is 21.5. The number of hydrogen-bond donors (Lipinski definition) is 3. The van der Waals surface area contributed by atoms with E-state index < -0.39 is 6.09 Å². The molecule has 3 aliphatic rings. The normalized spacial score (nSPS) is 33.2. The Labute approximate surface area is 207 Å². The van der Waals surface area contributed by atoms with Crippen LogP contribution in [0.2, 0.25) is 0 Å². The number of methoxy groups -OCH3 is 1. The number of carbonyl (C=O) groups is 2. The molecule has 2 amide bonds. The van der Waals surface area contributed by atoms with Crippen molar-refractivity contribution >= 4 is 12.0 Å². The Morgan fingerprint density at radius 3 is 2.43 bits per heavy atom. The fourth-order valence-corrected chi connectivity index (χ4v) is 5.39. The van der Waals surface area contributed by atoms with Gasteiger partial charge in [-0.15, -0.1) is 10.0 Å². The third-order valence-corrected chi connectivity index (χ3v) is 7.42. The first-order chi connectivity index (χ1) is 16.8. The number of nitrogens with one attached hydrogen (secondary N) is 3. The molecular weight excluding hydrogens is 457 g/mol. The number of amides is 2. The number of alkyl carbamates (subject to hydrolysis) is 1. The maximum atomic E-state index is 12.5. The standard InChI is InChI=1S/C25H42FN3O6/c1-17(2)9-10-19-24(3,35-19)22-21(32-4)18(11-12-25(22)16-33-25)34-23(31)28-14-8-6-5-7-13-27-20(30)15-29-26/h9,18-19,21-22,29H,5-8,10-16H2,1-4H3,(H,27,30)(H,28,31)/t18?,19-,21-,22?,24+,25+/m1/s1. The highest BCUT2D eigenvalue weighted by Gasteiger charge is 2.72. The van der Waals surface area contributed by atoms with Gasteiger partial charge >= 0.3 is 6.09 Å². The van der Waals surface area contributed by atoms with E-state index in [0.717, 1.165) is 38.5 Å². The van der Waals surface area contributed by atoms with Crippen molar-refractivity contribution in [1.82, 2.24) is 16.2 Å². The number of hydrogen-bond acceptors (Lipinski definition) is 7. The van der Waals surface area contributed by atoms with Gasteiger partial charge in [0.15, 0.2) is 0 Å². The first kappa shape index (κ1) is 27.8. The highest BCUT2D eigenvalue weighted by Crippen LogP contribution is 2.59. The van der Waals surface area contributed by atoms with Crippen molar-refractivity contribution in [3.8, 4) is 0 Å². The Kier molecular flexibility index (Phi) is 9.92. The minimum absolute atomic E-state index is 0.00305. The predicted molar refractivity (Wildman–Crippen MR) is 128 cm³/mol. The van der Waals surface area contributed by atoms with E-state index in [1.54, 1.807) is 7.11 Å². The van der Waals surface area contributed by atoms with Crippen molar-refractivity contribution in [1.29, 1.82) is 0 Å². The smallest absolute Gasteiger partial charge is 0.407 e. The Balaban J connectivity index is 1.40. The predicted octanol–water partition coefficient (Wildman–Crippen LogP) is 2.94. The van der Waals surface area contributed by atoms with Crippen molar-refractivity contribution in [2.45, 2.75) is 95.2 Å². The highest BCUT2D eigenvalue weighted by molar-refractivity contribution is 5.77. The molecule has 0 radical (unpaired) electrons. The summed E-state index contributed by atoms with van der Waals surface area (Å²) in [6.45, 7) is 7.70. The number of ether oxygens (including phenoxy) is 4. The molecule has 3 N–H and O–H groups in total. The molecule has 0 bridgehead atoms. The molecule has 0 aromatic heterocycles. The van der Waals surface area contributed by atoms with E-state index in [4.69, 9.17) is 18.9 Å². The molecule has 1 aliphatic carbocycles. The molecule has 2 aliphatic heterocycles. The van der Waals surface area contributed by atoms with Crippen LogP contribution < -0.4 is 16.2 Å². The Hall–Kier alpha value is -1.75. The van der Waals surface area contributed by atoms with E-state index in [2.05, 4.69) is 37.5 Å². The summed E-state index contributed by atoms with van der Waals surface area (Å²) in [7, 11) is 1.67. The molecule has 35 heavy (non-hydrogen) atoms. The van der Waals surface area contributed by atoms with Crippen molar-refractivity contribution in [3.05, 3.63) is 11.6 Å². The molecule has 9 nitrogen and oxygen atoms in total.